The number of likely N-dealkylation sites (tertiary alicyclic amines) is 1. The van der Waals surface area contributed by atoms with Crippen LogP contribution < -0.4 is 0 Å². The molecule has 19 heavy (non-hydrogen) atoms. The van der Waals surface area contributed by atoms with E-state index in [1.165, 1.54) is 41.8 Å². The smallest absolute Gasteiger partial charge is 0.0767 e. The number of halogens is 1. The van der Waals surface area contributed by atoms with Crippen molar-refractivity contribution in [1.29, 1.82) is 0 Å². The highest BCUT2D eigenvalue weighted by Gasteiger charge is 2.27. The molecule has 0 amide bonds. The minimum Gasteiger partial charge on any atom is -0.297 e. The Bertz CT molecular complexity index is 437. The zero-order chi connectivity index (χ0) is 14.0. The molecule has 3 nitrogen and oxygen atoms in total. The molecule has 0 N–H and O–H groups in total. The Morgan fingerprint density at radius 2 is 2.05 bits per heavy atom. The molecule has 2 heterocycles. The minimum absolute atomic E-state index is 0.454. The van der Waals surface area contributed by atoms with E-state index in [2.05, 4.69) is 53.2 Å². The van der Waals surface area contributed by atoms with Crippen LogP contribution >= 0.6 is 15.9 Å². The maximum Gasteiger partial charge on any atom is 0.0767 e. The molecule has 4 heteroatoms. The van der Waals surface area contributed by atoms with E-state index in [-0.39, 0.29) is 0 Å². The summed E-state index contributed by atoms with van der Waals surface area (Å²) in [6, 6.07) is 0. The first-order valence-corrected chi connectivity index (χ1v) is 8.22. The highest BCUT2D eigenvalue weighted by molar-refractivity contribution is 9.10. The molecule has 0 aromatic carbocycles. The number of piperidine rings is 1. The van der Waals surface area contributed by atoms with E-state index in [1.807, 2.05) is 0 Å². The van der Waals surface area contributed by atoms with Crippen molar-refractivity contribution < 1.29 is 0 Å². The van der Waals surface area contributed by atoms with Gasteiger partial charge in [-0.2, -0.15) is 5.10 Å². The van der Waals surface area contributed by atoms with E-state index in [1.54, 1.807) is 0 Å². The molecule has 0 bridgehead atoms. The lowest BCUT2D eigenvalue weighted by Gasteiger charge is -2.38. The predicted molar refractivity (Wildman–Crippen MR) is 83.3 cm³/mol. The van der Waals surface area contributed by atoms with Crippen molar-refractivity contribution in [2.75, 3.05) is 13.1 Å². The molecule has 1 aromatic rings. The van der Waals surface area contributed by atoms with E-state index >= 15 is 0 Å². The maximum atomic E-state index is 4.69. The fraction of sp³-hybridized carbons (Fsp3) is 0.800. The van der Waals surface area contributed by atoms with Crippen molar-refractivity contribution in [3.63, 3.8) is 0 Å². The molecule has 1 aromatic heterocycles. The van der Waals surface area contributed by atoms with Gasteiger partial charge in [0.25, 0.3) is 0 Å². The highest BCUT2D eigenvalue weighted by atomic mass is 79.9. The summed E-state index contributed by atoms with van der Waals surface area (Å²) in [7, 11) is 0. The summed E-state index contributed by atoms with van der Waals surface area (Å²) in [6.07, 6.45) is 3.65. The van der Waals surface area contributed by atoms with Gasteiger partial charge in [0.05, 0.1) is 15.9 Å². The molecule has 0 saturated carbocycles. The average molecular weight is 328 g/mol. The van der Waals surface area contributed by atoms with Crippen LogP contribution in [0.4, 0.5) is 0 Å². The molecule has 108 valence electrons. The summed E-state index contributed by atoms with van der Waals surface area (Å²) < 4.78 is 3.38. The Morgan fingerprint density at radius 3 is 2.63 bits per heavy atom. The van der Waals surface area contributed by atoms with Crippen molar-refractivity contribution in [3.8, 4) is 0 Å². The van der Waals surface area contributed by atoms with Gasteiger partial charge in [-0.05, 0) is 54.1 Å². The zero-order valence-corrected chi connectivity index (χ0v) is 14.3. The summed E-state index contributed by atoms with van der Waals surface area (Å²) in [5.74, 6) is 0. The lowest BCUT2D eigenvalue weighted by molar-refractivity contribution is 0.109. The van der Waals surface area contributed by atoms with Gasteiger partial charge in [-0.3, -0.25) is 9.58 Å². The Labute approximate surface area is 125 Å². The van der Waals surface area contributed by atoms with Gasteiger partial charge in [0.1, 0.15) is 0 Å². The van der Waals surface area contributed by atoms with Crippen LogP contribution in [0, 0.1) is 5.41 Å². The van der Waals surface area contributed by atoms with E-state index in [9.17, 15) is 0 Å². The standard InChI is InChI=1S/C15H26BrN3/c1-5-12-14(16)13(19(6-2)17-12)10-18-9-7-8-15(3,4)11-18/h5-11H2,1-4H3. The van der Waals surface area contributed by atoms with Crippen LogP contribution in [0.2, 0.25) is 0 Å². The first-order chi connectivity index (χ1) is 8.96. The summed E-state index contributed by atoms with van der Waals surface area (Å²) in [6.45, 7) is 13.5. The largest absolute Gasteiger partial charge is 0.297 e. The van der Waals surface area contributed by atoms with Gasteiger partial charge in [-0.25, -0.2) is 0 Å². The molecule has 0 radical (unpaired) electrons. The second-order valence-corrected chi connectivity index (χ2v) is 7.15. The normalized spacial score (nSPS) is 19.8. The second-order valence-electron chi connectivity index (χ2n) is 6.36. The Balaban J connectivity index is 2.16. The van der Waals surface area contributed by atoms with E-state index in [4.69, 9.17) is 5.10 Å². The molecule has 0 aliphatic carbocycles. The number of rotatable bonds is 4. The first-order valence-electron chi connectivity index (χ1n) is 7.43. The van der Waals surface area contributed by atoms with Crippen LogP contribution in [0.3, 0.4) is 0 Å². The topological polar surface area (TPSA) is 21.1 Å². The van der Waals surface area contributed by atoms with Crippen LogP contribution in [0.25, 0.3) is 0 Å². The van der Waals surface area contributed by atoms with Crippen LogP contribution in [0.5, 0.6) is 0 Å². The van der Waals surface area contributed by atoms with E-state index in [0.29, 0.717) is 5.41 Å². The van der Waals surface area contributed by atoms with Gasteiger partial charge < -0.3 is 0 Å². The molecule has 1 fully saturated rings. The zero-order valence-electron chi connectivity index (χ0n) is 12.7. The predicted octanol–water partition coefficient (Wildman–Crippen LogP) is 3.85. The average Bonchev–Trinajstić information content (AvgIpc) is 2.65. The van der Waals surface area contributed by atoms with Gasteiger partial charge in [-0.1, -0.05) is 20.8 Å². The van der Waals surface area contributed by atoms with E-state index in [0.717, 1.165) is 19.5 Å². The Kier molecular flexibility index (Phi) is 4.72. The monoisotopic (exact) mass is 327 g/mol. The second kappa shape index (κ2) is 5.96. The minimum atomic E-state index is 0.454. The quantitative estimate of drug-likeness (QED) is 0.837. The molecule has 0 spiro atoms. The number of aryl methyl sites for hydroxylation is 2. The fourth-order valence-electron chi connectivity index (χ4n) is 3.06. The van der Waals surface area contributed by atoms with Gasteiger partial charge in [-0.15, -0.1) is 0 Å². The van der Waals surface area contributed by atoms with Crippen LogP contribution in [-0.4, -0.2) is 27.8 Å². The van der Waals surface area contributed by atoms with Gasteiger partial charge >= 0.3 is 0 Å². The van der Waals surface area contributed by atoms with Crippen molar-refractivity contribution in [2.45, 2.75) is 60.0 Å². The third kappa shape index (κ3) is 3.40. The summed E-state index contributed by atoms with van der Waals surface area (Å²) in [4.78, 5) is 2.58. The van der Waals surface area contributed by atoms with Gasteiger partial charge in [0.2, 0.25) is 0 Å². The molecule has 1 saturated heterocycles. The Hall–Kier alpha value is -0.350. The van der Waals surface area contributed by atoms with Gasteiger partial charge in [0, 0.05) is 19.6 Å². The third-order valence-corrected chi connectivity index (χ3v) is 4.96. The van der Waals surface area contributed by atoms with Crippen LogP contribution in [-0.2, 0) is 19.5 Å². The number of nitrogens with zero attached hydrogens (tertiary/aromatic N) is 3. The lowest BCUT2D eigenvalue weighted by atomic mass is 9.84. The molecular weight excluding hydrogens is 302 g/mol. The highest BCUT2D eigenvalue weighted by Crippen LogP contribution is 2.31. The molecule has 2 rings (SSSR count). The fourth-order valence-corrected chi connectivity index (χ4v) is 3.75. The van der Waals surface area contributed by atoms with Crippen molar-refractivity contribution in [1.82, 2.24) is 14.7 Å². The summed E-state index contributed by atoms with van der Waals surface area (Å²) >= 11 is 3.75. The van der Waals surface area contributed by atoms with Crippen molar-refractivity contribution in [2.24, 2.45) is 5.41 Å². The van der Waals surface area contributed by atoms with Crippen LogP contribution in [0.15, 0.2) is 4.47 Å². The molecule has 1 aliphatic heterocycles. The molecule has 0 atom stereocenters. The number of hydrogen-bond donors (Lipinski definition) is 0. The lowest BCUT2D eigenvalue weighted by Crippen LogP contribution is -2.39. The number of hydrogen-bond acceptors (Lipinski definition) is 2. The molecular formula is C15H26BrN3. The number of aromatic nitrogens is 2. The first kappa shape index (κ1) is 15.0. The maximum absolute atomic E-state index is 4.69. The van der Waals surface area contributed by atoms with Crippen LogP contribution in [0.1, 0.15) is 51.9 Å². The molecule has 1 aliphatic rings. The Morgan fingerprint density at radius 1 is 1.32 bits per heavy atom. The summed E-state index contributed by atoms with van der Waals surface area (Å²) in [5.41, 5.74) is 2.99. The van der Waals surface area contributed by atoms with E-state index < -0.39 is 0 Å². The van der Waals surface area contributed by atoms with Gasteiger partial charge in [0.15, 0.2) is 0 Å². The van der Waals surface area contributed by atoms with Crippen molar-refractivity contribution in [3.05, 3.63) is 15.9 Å². The van der Waals surface area contributed by atoms with Crippen molar-refractivity contribution >= 4 is 15.9 Å². The molecule has 0 unspecified atom stereocenters. The summed E-state index contributed by atoms with van der Waals surface area (Å²) in [5, 5.41) is 4.69. The third-order valence-electron chi connectivity index (χ3n) is 4.05. The SMILES string of the molecule is CCc1nn(CC)c(CN2CCCC(C)(C)C2)c1Br.